The molecule has 5 rings (SSSR count). The number of halogens is 2. The van der Waals surface area contributed by atoms with E-state index in [9.17, 15) is 4.39 Å². The van der Waals surface area contributed by atoms with Crippen LogP contribution in [0, 0.1) is 5.82 Å². The normalized spacial score (nSPS) is 11.3. The zero-order valence-corrected chi connectivity index (χ0v) is 18.1. The minimum absolute atomic E-state index is 0.311. The Kier molecular flexibility index (Phi) is 5.47. The second-order valence-corrected chi connectivity index (χ2v) is 7.74. The molecular weight excluding hydrogens is 427 g/mol. The van der Waals surface area contributed by atoms with E-state index in [2.05, 4.69) is 0 Å². The van der Waals surface area contributed by atoms with E-state index >= 15 is 0 Å². The molecule has 0 N–H and O–H groups in total. The zero-order chi connectivity index (χ0) is 22.1. The average Bonchev–Trinajstić information content (AvgIpc) is 3.46. The summed E-state index contributed by atoms with van der Waals surface area (Å²) in [6.07, 6.45) is 3.85. The van der Waals surface area contributed by atoms with E-state index in [1.165, 1.54) is 12.1 Å². The molecule has 0 fully saturated rings. The van der Waals surface area contributed by atoms with Gasteiger partial charge in [-0.25, -0.2) is 13.9 Å². The van der Waals surface area contributed by atoms with Crippen LogP contribution in [0.4, 0.5) is 4.39 Å². The smallest absolute Gasteiger partial charge is 0.166 e. The van der Waals surface area contributed by atoms with Crippen LogP contribution in [0.3, 0.4) is 0 Å². The third kappa shape index (κ3) is 3.79. The number of rotatable bonds is 6. The van der Waals surface area contributed by atoms with Crippen molar-refractivity contribution in [1.29, 1.82) is 0 Å². The molecule has 0 unspecified atom stereocenters. The fourth-order valence-electron chi connectivity index (χ4n) is 3.73. The molecule has 0 aliphatic carbocycles. The van der Waals surface area contributed by atoms with Crippen molar-refractivity contribution < 1.29 is 9.13 Å². The monoisotopic (exact) mass is 446 g/mol. The molecule has 7 heteroatoms. The fraction of sp³-hybridized carbons (Fsp3) is 0.120. The number of fused-ring (bicyclic) bond motifs is 1. The molecule has 32 heavy (non-hydrogen) atoms. The van der Waals surface area contributed by atoms with Crippen LogP contribution < -0.4 is 0 Å². The Morgan fingerprint density at radius 2 is 1.75 bits per heavy atom. The molecule has 0 bridgehead atoms. The number of hydrogen-bond donors (Lipinski definition) is 0. The van der Waals surface area contributed by atoms with E-state index in [0.29, 0.717) is 35.3 Å². The lowest BCUT2D eigenvalue weighted by Crippen LogP contribution is -2.03. The van der Waals surface area contributed by atoms with Gasteiger partial charge in [-0.1, -0.05) is 35.9 Å². The first-order chi connectivity index (χ1) is 15.6. The van der Waals surface area contributed by atoms with E-state index in [1.807, 2.05) is 72.4 Å². The minimum atomic E-state index is -0.311. The van der Waals surface area contributed by atoms with Crippen LogP contribution in [0.2, 0.25) is 5.02 Å². The van der Waals surface area contributed by atoms with Gasteiger partial charge < -0.3 is 9.30 Å². The lowest BCUT2D eigenvalue weighted by Gasteiger charge is -2.10. The quantitative estimate of drug-likeness (QED) is 0.312. The van der Waals surface area contributed by atoms with Crippen molar-refractivity contribution in [2.24, 2.45) is 0 Å². The third-order valence-electron chi connectivity index (χ3n) is 5.21. The summed E-state index contributed by atoms with van der Waals surface area (Å²) < 4.78 is 23.5. The van der Waals surface area contributed by atoms with Crippen LogP contribution in [-0.2, 0) is 11.3 Å². The largest absolute Gasteiger partial charge is 0.375 e. The van der Waals surface area contributed by atoms with Gasteiger partial charge in [0.15, 0.2) is 5.65 Å². The van der Waals surface area contributed by atoms with Gasteiger partial charge >= 0.3 is 0 Å². The number of benzene rings is 2. The van der Waals surface area contributed by atoms with E-state index < -0.39 is 0 Å². The van der Waals surface area contributed by atoms with Crippen molar-refractivity contribution in [2.45, 2.75) is 13.5 Å². The Morgan fingerprint density at radius 1 is 0.969 bits per heavy atom. The second-order valence-electron chi connectivity index (χ2n) is 7.30. The predicted molar refractivity (Wildman–Crippen MR) is 123 cm³/mol. The highest BCUT2D eigenvalue weighted by Gasteiger charge is 2.20. The molecule has 3 aromatic heterocycles. The van der Waals surface area contributed by atoms with E-state index in [4.69, 9.17) is 26.4 Å². The Hall–Kier alpha value is -3.48. The molecule has 0 amide bonds. The Balaban J connectivity index is 1.84. The molecular formula is C25H20ClFN4O. The second kappa shape index (κ2) is 8.57. The lowest BCUT2D eigenvalue weighted by molar-refractivity contribution is 0.131. The maximum atomic E-state index is 14.1. The summed E-state index contributed by atoms with van der Waals surface area (Å²) in [6.45, 7) is 2.84. The Morgan fingerprint density at radius 3 is 2.47 bits per heavy atom. The lowest BCUT2D eigenvalue weighted by atomic mass is 10.1. The Labute approximate surface area is 189 Å². The van der Waals surface area contributed by atoms with Crippen LogP contribution >= 0.6 is 11.6 Å². The first-order valence-corrected chi connectivity index (χ1v) is 10.7. The maximum Gasteiger partial charge on any atom is 0.166 e. The predicted octanol–water partition coefficient (Wildman–Crippen LogP) is 6.18. The summed E-state index contributed by atoms with van der Waals surface area (Å²) in [5.74, 6) is 0.398. The van der Waals surface area contributed by atoms with Crippen molar-refractivity contribution in [1.82, 2.24) is 19.2 Å². The number of ether oxygens (including phenoxy) is 1. The van der Waals surface area contributed by atoms with Gasteiger partial charge in [0.05, 0.1) is 23.6 Å². The number of aromatic nitrogens is 4. The minimum Gasteiger partial charge on any atom is -0.375 e. The van der Waals surface area contributed by atoms with Gasteiger partial charge in [-0.2, -0.15) is 5.10 Å². The zero-order valence-electron chi connectivity index (χ0n) is 17.4. The summed E-state index contributed by atoms with van der Waals surface area (Å²) in [7, 11) is 0. The molecule has 2 aromatic carbocycles. The van der Waals surface area contributed by atoms with Crippen LogP contribution in [0.5, 0.6) is 0 Å². The standard InChI is InChI=1S/C25H20ClFN4O/c1-2-32-16-21-24(17-8-10-19(26)11-9-17)25-28-23(30-12-3-4-13-30)15-22(31(25)29-21)18-6-5-7-20(27)14-18/h3-15H,2,16H2,1H3. The highest BCUT2D eigenvalue weighted by atomic mass is 35.5. The van der Waals surface area contributed by atoms with Gasteiger partial charge in [0.25, 0.3) is 0 Å². The van der Waals surface area contributed by atoms with Gasteiger partial charge in [0.2, 0.25) is 0 Å². The molecule has 0 radical (unpaired) electrons. The summed E-state index contributed by atoms with van der Waals surface area (Å²) in [4.78, 5) is 4.93. The highest BCUT2D eigenvalue weighted by Crippen LogP contribution is 2.33. The number of hydrogen-bond acceptors (Lipinski definition) is 3. The Bertz CT molecular complexity index is 1380. The summed E-state index contributed by atoms with van der Waals surface area (Å²) in [5.41, 5.74) is 4.65. The van der Waals surface area contributed by atoms with Crippen LogP contribution in [0.15, 0.2) is 79.1 Å². The first kappa shape index (κ1) is 20.4. The van der Waals surface area contributed by atoms with Crippen molar-refractivity contribution >= 4 is 17.2 Å². The molecule has 0 atom stereocenters. The van der Waals surface area contributed by atoms with Crippen LogP contribution in [-0.4, -0.2) is 25.8 Å². The molecule has 0 aliphatic rings. The van der Waals surface area contributed by atoms with Crippen molar-refractivity contribution in [2.75, 3.05) is 6.61 Å². The van der Waals surface area contributed by atoms with Crippen LogP contribution in [0.1, 0.15) is 12.6 Å². The fourth-order valence-corrected chi connectivity index (χ4v) is 3.86. The van der Waals surface area contributed by atoms with E-state index in [-0.39, 0.29) is 5.82 Å². The number of nitrogens with zero attached hydrogens (tertiary/aromatic N) is 4. The van der Waals surface area contributed by atoms with Gasteiger partial charge in [0, 0.05) is 35.7 Å². The molecule has 0 saturated heterocycles. The van der Waals surface area contributed by atoms with E-state index in [0.717, 1.165) is 22.5 Å². The molecule has 0 spiro atoms. The topological polar surface area (TPSA) is 44.4 Å². The van der Waals surface area contributed by atoms with Gasteiger partial charge in [-0.3, -0.25) is 0 Å². The third-order valence-corrected chi connectivity index (χ3v) is 5.47. The molecule has 3 heterocycles. The maximum absolute atomic E-state index is 14.1. The highest BCUT2D eigenvalue weighted by molar-refractivity contribution is 6.30. The summed E-state index contributed by atoms with van der Waals surface area (Å²) in [5, 5.41) is 5.49. The summed E-state index contributed by atoms with van der Waals surface area (Å²) in [6, 6.07) is 19.8. The van der Waals surface area contributed by atoms with Gasteiger partial charge in [-0.15, -0.1) is 0 Å². The SMILES string of the molecule is CCOCc1nn2c(-c3cccc(F)c3)cc(-n3cccc3)nc2c1-c1ccc(Cl)cc1. The van der Waals surface area contributed by atoms with E-state index in [1.54, 1.807) is 10.6 Å². The molecule has 0 aliphatic heterocycles. The van der Waals surface area contributed by atoms with Crippen molar-refractivity contribution in [3.05, 3.63) is 95.7 Å². The average molecular weight is 447 g/mol. The molecule has 160 valence electrons. The van der Waals surface area contributed by atoms with Gasteiger partial charge in [0.1, 0.15) is 11.6 Å². The van der Waals surface area contributed by atoms with Gasteiger partial charge in [-0.05, 0) is 48.9 Å². The molecule has 5 aromatic rings. The van der Waals surface area contributed by atoms with Crippen LogP contribution in [0.25, 0.3) is 33.8 Å². The molecule has 0 saturated carbocycles. The molecule has 5 nitrogen and oxygen atoms in total. The summed E-state index contributed by atoms with van der Waals surface area (Å²) >= 11 is 6.13. The first-order valence-electron chi connectivity index (χ1n) is 10.3. The van der Waals surface area contributed by atoms with Crippen molar-refractivity contribution in [3.63, 3.8) is 0 Å². The van der Waals surface area contributed by atoms with Crippen molar-refractivity contribution in [3.8, 4) is 28.2 Å².